The summed E-state index contributed by atoms with van der Waals surface area (Å²) < 4.78 is 9.36. The van der Waals surface area contributed by atoms with Crippen LogP contribution >= 0.6 is 11.6 Å². The van der Waals surface area contributed by atoms with E-state index in [-0.39, 0.29) is 11.6 Å². The van der Waals surface area contributed by atoms with Crippen LogP contribution in [0.5, 0.6) is 5.75 Å². The van der Waals surface area contributed by atoms with Gasteiger partial charge in [-0.15, -0.1) is 0 Å². The fraction of sp³-hybridized carbons (Fsp3) is 0.438. The molecule has 0 radical (unpaired) electrons. The first-order valence-corrected chi connectivity index (χ1v) is 8.31. The quantitative estimate of drug-likeness (QED) is 0.769. The van der Waals surface area contributed by atoms with Crippen LogP contribution in [0.2, 0.25) is 5.02 Å². The molecule has 3 rings (SSSR count). The molecule has 8 nitrogen and oxygen atoms in total. The van der Waals surface area contributed by atoms with Crippen LogP contribution in [0.15, 0.2) is 22.7 Å². The lowest BCUT2D eigenvalue weighted by atomic mass is 10.2. The Bertz CT molecular complexity index is 674. The maximum atomic E-state index is 9.81. The standard InChI is InChI=1S/C13H15ClN4O2.C3H6O2/c14-9-1-2-11(19)10(7-9)13-16-12(17-20-13)8-18-5-3-15-4-6-18;1-2-5-3-4/h1-2,7,15,19H,3-6,8H2;3H,2H2,1H3. The van der Waals surface area contributed by atoms with Gasteiger partial charge in [0, 0.05) is 31.2 Å². The molecule has 0 saturated carbocycles. The summed E-state index contributed by atoms with van der Waals surface area (Å²) in [4.78, 5) is 15.8. The Morgan fingerprint density at radius 1 is 1.44 bits per heavy atom. The second kappa shape index (κ2) is 9.97. The van der Waals surface area contributed by atoms with E-state index in [9.17, 15) is 9.90 Å². The summed E-state index contributed by atoms with van der Waals surface area (Å²) in [6.07, 6.45) is 0. The molecule has 1 saturated heterocycles. The number of hydrogen-bond donors (Lipinski definition) is 2. The van der Waals surface area contributed by atoms with Gasteiger partial charge in [0.15, 0.2) is 5.82 Å². The molecule has 1 aromatic carbocycles. The first-order valence-electron chi connectivity index (χ1n) is 7.93. The van der Waals surface area contributed by atoms with Gasteiger partial charge in [0.2, 0.25) is 0 Å². The normalized spacial score (nSPS) is 14.5. The highest BCUT2D eigenvalue weighted by atomic mass is 35.5. The number of carbonyl (C=O) groups is 1. The Labute approximate surface area is 150 Å². The number of phenolic OH excluding ortho intramolecular Hbond substituents is 1. The van der Waals surface area contributed by atoms with E-state index in [1.807, 2.05) is 0 Å². The molecule has 1 aliphatic rings. The van der Waals surface area contributed by atoms with Gasteiger partial charge in [-0.3, -0.25) is 9.69 Å². The van der Waals surface area contributed by atoms with Crippen LogP contribution in [-0.4, -0.2) is 59.4 Å². The average Bonchev–Trinajstić information content (AvgIpc) is 3.07. The molecule has 1 fully saturated rings. The summed E-state index contributed by atoms with van der Waals surface area (Å²) in [5.41, 5.74) is 0.455. The molecule has 2 N–H and O–H groups in total. The summed E-state index contributed by atoms with van der Waals surface area (Å²) in [5.74, 6) is 0.975. The van der Waals surface area contributed by atoms with Crippen LogP contribution < -0.4 is 5.32 Å². The first-order chi connectivity index (χ1) is 12.1. The third kappa shape index (κ3) is 6.00. The number of nitrogens with one attached hydrogen (secondary N) is 1. The SMILES string of the molecule is CCOC=O.Oc1ccc(Cl)cc1-c1nc(CN2CCNCC2)no1. The van der Waals surface area contributed by atoms with Crippen LogP contribution in [0.1, 0.15) is 12.7 Å². The van der Waals surface area contributed by atoms with Gasteiger partial charge in [0.05, 0.1) is 18.7 Å². The van der Waals surface area contributed by atoms with Crippen molar-refractivity contribution in [2.45, 2.75) is 13.5 Å². The number of halogens is 1. The predicted molar refractivity (Wildman–Crippen MR) is 92.2 cm³/mol. The molecule has 0 amide bonds. The fourth-order valence-corrected chi connectivity index (χ4v) is 2.42. The Balaban J connectivity index is 0.000000399. The van der Waals surface area contributed by atoms with Crippen molar-refractivity contribution in [3.63, 3.8) is 0 Å². The van der Waals surface area contributed by atoms with Crippen molar-refractivity contribution in [2.24, 2.45) is 0 Å². The number of hydrogen-bond acceptors (Lipinski definition) is 8. The van der Waals surface area contributed by atoms with Crippen molar-refractivity contribution in [1.82, 2.24) is 20.4 Å². The summed E-state index contributed by atoms with van der Waals surface area (Å²) in [6, 6.07) is 4.73. The van der Waals surface area contributed by atoms with E-state index in [1.54, 1.807) is 19.1 Å². The fourth-order valence-electron chi connectivity index (χ4n) is 2.24. The molecule has 0 unspecified atom stereocenters. The van der Waals surface area contributed by atoms with Gasteiger partial charge in [-0.25, -0.2) is 0 Å². The topological polar surface area (TPSA) is 101 Å². The molecular weight excluding hydrogens is 348 g/mol. The molecule has 0 spiro atoms. The highest BCUT2D eigenvalue weighted by molar-refractivity contribution is 6.30. The maximum Gasteiger partial charge on any atom is 0.293 e. The minimum atomic E-state index is 0.0757. The van der Waals surface area contributed by atoms with E-state index in [0.29, 0.717) is 36.0 Å². The van der Waals surface area contributed by atoms with Gasteiger partial charge in [-0.1, -0.05) is 16.8 Å². The number of carbonyl (C=O) groups excluding carboxylic acids is 1. The van der Waals surface area contributed by atoms with Crippen LogP contribution in [0.25, 0.3) is 11.5 Å². The number of piperazine rings is 1. The molecule has 2 heterocycles. The molecule has 0 atom stereocenters. The summed E-state index contributed by atoms with van der Waals surface area (Å²) >= 11 is 5.91. The van der Waals surface area contributed by atoms with E-state index >= 15 is 0 Å². The number of aromatic hydroxyl groups is 1. The van der Waals surface area contributed by atoms with E-state index in [1.165, 1.54) is 6.07 Å². The Kier molecular flexibility index (Phi) is 7.65. The number of benzene rings is 1. The minimum absolute atomic E-state index is 0.0757. The molecule has 25 heavy (non-hydrogen) atoms. The lowest BCUT2D eigenvalue weighted by molar-refractivity contribution is -0.128. The second-order valence-corrected chi connectivity index (χ2v) is 5.69. The third-order valence-corrected chi connectivity index (χ3v) is 3.70. The number of ether oxygens (including phenoxy) is 1. The van der Waals surface area contributed by atoms with Crippen LogP contribution in [0.4, 0.5) is 0 Å². The summed E-state index contributed by atoms with van der Waals surface area (Å²) in [7, 11) is 0. The van der Waals surface area contributed by atoms with E-state index < -0.39 is 0 Å². The molecule has 1 aromatic heterocycles. The lowest BCUT2D eigenvalue weighted by Gasteiger charge is -2.25. The highest BCUT2D eigenvalue weighted by Crippen LogP contribution is 2.30. The van der Waals surface area contributed by atoms with Gasteiger partial charge >= 0.3 is 0 Å². The molecule has 9 heteroatoms. The van der Waals surface area contributed by atoms with E-state index in [4.69, 9.17) is 16.1 Å². The smallest absolute Gasteiger partial charge is 0.293 e. The first kappa shape index (κ1) is 19.2. The number of phenols is 1. The van der Waals surface area contributed by atoms with Crippen molar-refractivity contribution in [3.05, 3.63) is 29.0 Å². The van der Waals surface area contributed by atoms with Gasteiger partial charge in [-0.05, 0) is 25.1 Å². The van der Waals surface area contributed by atoms with E-state index in [0.717, 1.165) is 26.2 Å². The van der Waals surface area contributed by atoms with Crippen molar-refractivity contribution in [3.8, 4) is 17.2 Å². The predicted octanol–water partition coefficient (Wildman–Crippen LogP) is 1.68. The summed E-state index contributed by atoms with van der Waals surface area (Å²) in [6.45, 7) is 7.18. The summed E-state index contributed by atoms with van der Waals surface area (Å²) in [5, 5.41) is 17.6. The number of aromatic nitrogens is 2. The maximum absolute atomic E-state index is 9.81. The number of nitrogens with zero attached hydrogens (tertiary/aromatic N) is 3. The van der Waals surface area contributed by atoms with Gasteiger partial charge in [0.1, 0.15) is 5.75 Å². The van der Waals surface area contributed by atoms with Gasteiger partial charge < -0.3 is 19.7 Å². The number of rotatable bonds is 5. The van der Waals surface area contributed by atoms with Crippen LogP contribution in [-0.2, 0) is 16.1 Å². The van der Waals surface area contributed by atoms with Crippen molar-refractivity contribution < 1.29 is 19.2 Å². The second-order valence-electron chi connectivity index (χ2n) is 5.25. The zero-order chi connectivity index (χ0) is 18.1. The Morgan fingerprint density at radius 3 is 2.84 bits per heavy atom. The van der Waals surface area contributed by atoms with Crippen molar-refractivity contribution in [2.75, 3.05) is 32.8 Å². The minimum Gasteiger partial charge on any atom is -0.507 e. The van der Waals surface area contributed by atoms with Crippen LogP contribution in [0, 0.1) is 0 Å². The van der Waals surface area contributed by atoms with E-state index in [2.05, 4.69) is 25.1 Å². The Morgan fingerprint density at radius 2 is 2.20 bits per heavy atom. The molecule has 0 aliphatic carbocycles. The largest absolute Gasteiger partial charge is 0.507 e. The molecule has 0 bridgehead atoms. The Hall–Kier alpha value is -2.16. The average molecular weight is 369 g/mol. The monoisotopic (exact) mass is 368 g/mol. The van der Waals surface area contributed by atoms with Crippen molar-refractivity contribution in [1.29, 1.82) is 0 Å². The molecule has 136 valence electrons. The molecule has 2 aromatic rings. The molecule has 1 aliphatic heterocycles. The van der Waals surface area contributed by atoms with Crippen LogP contribution in [0.3, 0.4) is 0 Å². The highest BCUT2D eigenvalue weighted by Gasteiger charge is 2.16. The zero-order valence-corrected chi connectivity index (χ0v) is 14.7. The third-order valence-electron chi connectivity index (χ3n) is 3.47. The lowest BCUT2D eigenvalue weighted by Crippen LogP contribution is -2.43. The van der Waals surface area contributed by atoms with Gasteiger partial charge in [0.25, 0.3) is 12.4 Å². The van der Waals surface area contributed by atoms with Gasteiger partial charge in [-0.2, -0.15) is 4.98 Å². The molecular formula is C16H21ClN4O4. The zero-order valence-electron chi connectivity index (χ0n) is 13.9. The van der Waals surface area contributed by atoms with Crippen molar-refractivity contribution >= 4 is 18.1 Å².